The minimum atomic E-state index is 0.131. The molecule has 94 valence electrons. The molecular formula is C6H4N12O. The zero-order valence-electron chi connectivity index (χ0n) is 9.04. The van der Waals surface area contributed by atoms with Crippen LogP contribution in [-0.4, -0.2) is 51.1 Å². The molecule has 19 heavy (non-hydrogen) atoms. The topological polar surface area (TPSA) is 166 Å². The Labute approximate surface area is 103 Å². The predicted octanol–water partition coefficient (Wildman–Crippen LogP) is -1.28. The standard InChI is InChI=1S/C6H4N12O/c1-7-13-5(14-8-1)11-3-4(18-19-17-3)12-6-15-9-2-10-16-6/h1-2H,(H,11,13,14,17)(H,12,15,16,18). The van der Waals surface area contributed by atoms with Gasteiger partial charge in [-0.05, 0) is 10.3 Å². The number of anilines is 4. The van der Waals surface area contributed by atoms with Crippen molar-refractivity contribution in [1.82, 2.24) is 51.1 Å². The Kier molecular flexibility index (Phi) is 2.75. The van der Waals surface area contributed by atoms with Crippen LogP contribution in [-0.2, 0) is 0 Å². The van der Waals surface area contributed by atoms with E-state index in [2.05, 4.69) is 66.4 Å². The zero-order valence-corrected chi connectivity index (χ0v) is 9.04. The molecular weight excluding hydrogens is 256 g/mol. The molecule has 0 fully saturated rings. The predicted molar refractivity (Wildman–Crippen MR) is 56.1 cm³/mol. The van der Waals surface area contributed by atoms with Gasteiger partial charge in [-0.15, -0.1) is 40.8 Å². The second-order valence-electron chi connectivity index (χ2n) is 2.95. The maximum atomic E-state index is 4.57. The lowest BCUT2D eigenvalue weighted by Crippen LogP contribution is -2.04. The number of rotatable bonds is 4. The van der Waals surface area contributed by atoms with Gasteiger partial charge in [-0.3, -0.25) is 0 Å². The van der Waals surface area contributed by atoms with Crippen molar-refractivity contribution < 1.29 is 4.63 Å². The Hall–Kier alpha value is -3.38. The first kappa shape index (κ1) is 10.8. The van der Waals surface area contributed by atoms with Gasteiger partial charge in [-0.2, -0.15) is 0 Å². The van der Waals surface area contributed by atoms with Crippen LogP contribution in [0.15, 0.2) is 17.3 Å². The average molecular weight is 260 g/mol. The summed E-state index contributed by atoms with van der Waals surface area (Å²) >= 11 is 0. The van der Waals surface area contributed by atoms with Gasteiger partial charge < -0.3 is 10.6 Å². The fourth-order valence-corrected chi connectivity index (χ4v) is 1.07. The molecule has 13 heteroatoms. The molecule has 0 saturated carbocycles. The van der Waals surface area contributed by atoms with Crippen molar-refractivity contribution in [2.24, 2.45) is 0 Å². The smallest absolute Gasteiger partial charge is 0.267 e. The molecule has 0 amide bonds. The van der Waals surface area contributed by atoms with Crippen LogP contribution < -0.4 is 10.6 Å². The molecule has 0 saturated heterocycles. The van der Waals surface area contributed by atoms with Gasteiger partial charge in [0, 0.05) is 0 Å². The maximum absolute atomic E-state index is 4.57. The molecule has 3 aromatic rings. The molecule has 0 atom stereocenters. The molecule has 0 unspecified atom stereocenters. The molecule has 0 aliphatic heterocycles. The second kappa shape index (κ2) is 4.86. The summed E-state index contributed by atoms with van der Waals surface area (Å²) in [5.41, 5.74) is 0. The van der Waals surface area contributed by atoms with Gasteiger partial charge in [0.2, 0.25) is 11.6 Å². The van der Waals surface area contributed by atoms with Gasteiger partial charge in [-0.1, -0.05) is 0 Å². The van der Waals surface area contributed by atoms with Crippen molar-refractivity contribution in [3.63, 3.8) is 0 Å². The fourth-order valence-electron chi connectivity index (χ4n) is 1.07. The SMILES string of the molecule is c1nnc(Nc2nonc2Nc2nncnn2)nn1. The lowest BCUT2D eigenvalue weighted by atomic mass is 10.6. The molecule has 0 aliphatic rings. The van der Waals surface area contributed by atoms with E-state index in [4.69, 9.17) is 0 Å². The quantitative estimate of drug-likeness (QED) is 0.569. The number of nitrogens with one attached hydrogen (secondary N) is 2. The third-order valence-corrected chi connectivity index (χ3v) is 1.77. The minimum absolute atomic E-state index is 0.131. The molecule has 13 nitrogen and oxygen atoms in total. The molecule has 0 aromatic carbocycles. The Balaban J connectivity index is 1.79. The molecule has 3 aromatic heterocycles. The van der Waals surface area contributed by atoms with E-state index in [0.29, 0.717) is 0 Å². The molecule has 2 N–H and O–H groups in total. The van der Waals surface area contributed by atoms with E-state index in [1.165, 1.54) is 12.7 Å². The Morgan fingerprint density at radius 3 is 1.53 bits per heavy atom. The highest BCUT2D eigenvalue weighted by atomic mass is 16.6. The Morgan fingerprint density at radius 2 is 1.11 bits per heavy atom. The van der Waals surface area contributed by atoms with E-state index in [1.54, 1.807) is 0 Å². The molecule has 0 radical (unpaired) electrons. The van der Waals surface area contributed by atoms with Crippen molar-refractivity contribution in [3.05, 3.63) is 12.7 Å². The molecule has 0 spiro atoms. The van der Waals surface area contributed by atoms with E-state index in [-0.39, 0.29) is 23.5 Å². The van der Waals surface area contributed by atoms with E-state index in [0.717, 1.165) is 0 Å². The molecule has 0 aliphatic carbocycles. The number of aromatic nitrogens is 10. The van der Waals surface area contributed by atoms with Crippen molar-refractivity contribution in [2.45, 2.75) is 0 Å². The monoisotopic (exact) mass is 260 g/mol. The maximum Gasteiger partial charge on any atom is 0.267 e. The summed E-state index contributed by atoms with van der Waals surface area (Å²) in [6.07, 6.45) is 2.39. The van der Waals surface area contributed by atoms with Crippen molar-refractivity contribution in [1.29, 1.82) is 0 Å². The van der Waals surface area contributed by atoms with Crippen LogP contribution in [0, 0.1) is 0 Å². The summed E-state index contributed by atoms with van der Waals surface area (Å²) in [7, 11) is 0. The zero-order chi connectivity index (χ0) is 12.9. The van der Waals surface area contributed by atoms with E-state index in [1.807, 2.05) is 0 Å². The summed E-state index contributed by atoms with van der Waals surface area (Å²) in [5, 5.41) is 41.5. The van der Waals surface area contributed by atoms with Crippen molar-refractivity contribution in [2.75, 3.05) is 10.6 Å². The summed E-state index contributed by atoms with van der Waals surface area (Å²) in [4.78, 5) is 0. The van der Waals surface area contributed by atoms with E-state index in [9.17, 15) is 0 Å². The Bertz CT molecular complexity index is 584. The van der Waals surface area contributed by atoms with Crippen LogP contribution in [0.5, 0.6) is 0 Å². The van der Waals surface area contributed by atoms with Crippen LogP contribution >= 0.6 is 0 Å². The normalized spacial score (nSPS) is 10.1. The van der Waals surface area contributed by atoms with Gasteiger partial charge in [0.05, 0.1) is 0 Å². The first-order chi connectivity index (χ1) is 9.42. The number of nitrogens with zero attached hydrogens (tertiary/aromatic N) is 10. The van der Waals surface area contributed by atoms with Crippen molar-refractivity contribution in [3.8, 4) is 0 Å². The average Bonchev–Trinajstić information content (AvgIpc) is 2.88. The summed E-state index contributed by atoms with van der Waals surface area (Å²) in [5.74, 6) is 0.683. The lowest BCUT2D eigenvalue weighted by molar-refractivity contribution is 0.310. The largest absolute Gasteiger partial charge is 0.300 e. The molecule has 3 heterocycles. The van der Waals surface area contributed by atoms with Crippen LogP contribution in [0.3, 0.4) is 0 Å². The number of hydrogen-bond acceptors (Lipinski definition) is 13. The highest BCUT2D eigenvalue weighted by Crippen LogP contribution is 2.20. The van der Waals surface area contributed by atoms with Gasteiger partial charge in [0.15, 0.2) is 12.7 Å². The van der Waals surface area contributed by atoms with Gasteiger partial charge in [0.25, 0.3) is 11.9 Å². The van der Waals surface area contributed by atoms with Crippen LogP contribution in [0.1, 0.15) is 0 Å². The van der Waals surface area contributed by atoms with Gasteiger partial charge in [0.1, 0.15) is 0 Å². The third-order valence-electron chi connectivity index (χ3n) is 1.77. The summed E-state index contributed by atoms with van der Waals surface area (Å²) in [6.45, 7) is 0. The number of hydrogen-bond donors (Lipinski definition) is 2. The molecule has 3 rings (SSSR count). The highest BCUT2D eigenvalue weighted by Gasteiger charge is 2.13. The first-order valence-corrected chi connectivity index (χ1v) is 4.79. The van der Waals surface area contributed by atoms with Crippen LogP contribution in [0.25, 0.3) is 0 Å². The lowest BCUT2D eigenvalue weighted by Gasteiger charge is -2.00. The van der Waals surface area contributed by atoms with Gasteiger partial charge >= 0.3 is 0 Å². The van der Waals surface area contributed by atoms with E-state index < -0.39 is 0 Å². The first-order valence-electron chi connectivity index (χ1n) is 4.79. The summed E-state index contributed by atoms with van der Waals surface area (Å²) in [6, 6.07) is 0. The third kappa shape index (κ3) is 2.48. The molecule has 0 bridgehead atoms. The second-order valence-corrected chi connectivity index (χ2v) is 2.95. The van der Waals surface area contributed by atoms with Crippen LogP contribution in [0.4, 0.5) is 23.5 Å². The summed E-state index contributed by atoms with van der Waals surface area (Å²) < 4.78 is 4.57. The highest BCUT2D eigenvalue weighted by molar-refractivity contribution is 5.66. The minimum Gasteiger partial charge on any atom is -0.300 e. The van der Waals surface area contributed by atoms with Crippen molar-refractivity contribution >= 4 is 23.5 Å². The fraction of sp³-hybridized carbons (Fsp3) is 0. The van der Waals surface area contributed by atoms with Gasteiger partial charge in [-0.25, -0.2) is 4.63 Å². The Morgan fingerprint density at radius 1 is 0.684 bits per heavy atom. The van der Waals surface area contributed by atoms with Crippen LogP contribution in [0.2, 0.25) is 0 Å². The van der Waals surface area contributed by atoms with E-state index >= 15 is 0 Å².